The predicted molar refractivity (Wildman–Crippen MR) is 61.9 cm³/mol. The largest absolute Gasteiger partial charge is 0.476 e. The first-order chi connectivity index (χ1) is 8.16. The number of rotatable bonds is 4. The van der Waals surface area contributed by atoms with Gasteiger partial charge in [-0.2, -0.15) is 0 Å². The van der Waals surface area contributed by atoms with Gasteiger partial charge in [-0.3, -0.25) is 4.68 Å². The first-order valence-corrected chi connectivity index (χ1v) is 6.00. The van der Waals surface area contributed by atoms with E-state index in [1.54, 1.807) is 4.68 Å². The van der Waals surface area contributed by atoms with Crippen molar-refractivity contribution >= 4 is 5.97 Å². The molecule has 2 rings (SSSR count). The lowest BCUT2D eigenvalue weighted by molar-refractivity contribution is 0.0690. The normalized spacial score (nSPS) is 21.6. The van der Waals surface area contributed by atoms with Gasteiger partial charge in [0, 0.05) is 12.6 Å². The maximum absolute atomic E-state index is 10.6. The number of aromatic carboxylic acids is 1. The van der Waals surface area contributed by atoms with Crippen molar-refractivity contribution in [3.8, 4) is 0 Å². The molecule has 6 heteroatoms. The van der Waals surface area contributed by atoms with E-state index in [1.807, 2.05) is 0 Å². The second kappa shape index (κ2) is 5.27. The molecule has 1 unspecified atom stereocenters. The molecule has 0 amide bonds. The lowest BCUT2D eigenvalue weighted by atomic mass is 10.0. The number of hydrogen-bond acceptors (Lipinski definition) is 4. The topological polar surface area (TPSA) is 71.2 Å². The van der Waals surface area contributed by atoms with Crippen LogP contribution < -0.4 is 0 Å². The molecular weight excluding hydrogens is 220 g/mol. The summed E-state index contributed by atoms with van der Waals surface area (Å²) in [6, 6.07) is 0.584. The Kier molecular flexibility index (Phi) is 3.73. The van der Waals surface area contributed by atoms with Crippen molar-refractivity contribution in [3.05, 3.63) is 11.9 Å². The van der Waals surface area contributed by atoms with Crippen LogP contribution in [0.25, 0.3) is 0 Å². The van der Waals surface area contributed by atoms with E-state index in [4.69, 9.17) is 5.11 Å². The van der Waals surface area contributed by atoms with Gasteiger partial charge >= 0.3 is 5.97 Å². The zero-order valence-electron chi connectivity index (χ0n) is 10.0. The number of piperidine rings is 1. The first-order valence-electron chi connectivity index (χ1n) is 6.00. The number of likely N-dealkylation sites (tertiary alicyclic amines) is 1. The number of carbonyl (C=O) groups is 1. The minimum atomic E-state index is -1.02. The molecule has 1 saturated heterocycles. The van der Waals surface area contributed by atoms with Crippen LogP contribution in [0.4, 0.5) is 0 Å². The highest BCUT2D eigenvalue weighted by Gasteiger charge is 2.18. The number of aryl methyl sites for hydroxylation is 1. The Balaban J connectivity index is 1.86. The van der Waals surface area contributed by atoms with E-state index in [1.165, 1.54) is 25.5 Å². The van der Waals surface area contributed by atoms with Gasteiger partial charge in [0.05, 0.1) is 6.20 Å². The summed E-state index contributed by atoms with van der Waals surface area (Å²) >= 11 is 0. The molecule has 94 valence electrons. The number of hydrogen-bond donors (Lipinski definition) is 1. The Morgan fingerprint density at radius 1 is 1.59 bits per heavy atom. The lowest BCUT2D eigenvalue weighted by Gasteiger charge is -2.32. The second-order valence-corrected chi connectivity index (χ2v) is 4.59. The molecule has 2 heterocycles. The molecule has 0 aromatic carbocycles. The highest BCUT2D eigenvalue weighted by atomic mass is 16.4. The summed E-state index contributed by atoms with van der Waals surface area (Å²) in [5, 5.41) is 16.1. The standard InChI is InChI=1S/C11H18N4O2/c1-14-6-3-2-4-9(14)5-7-15-8-10(11(16)17)12-13-15/h8-9H,2-7H2,1H3,(H,16,17). The average Bonchev–Trinajstić information content (AvgIpc) is 2.77. The van der Waals surface area contributed by atoms with Crippen LogP contribution in [0.1, 0.15) is 36.2 Å². The van der Waals surface area contributed by atoms with Gasteiger partial charge in [0.1, 0.15) is 0 Å². The van der Waals surface area contributed by atoms with Gasteiger partial charge in [0.2, 0.25) is 0 Å². The van der Waals surface area contributed by atoms with Crippen molar-refractivity contribution in [1.82, 2.24) is 19.9 Å². The molecule has 1 N–H and O–H groups in total. The number of carboxylic acid groups (broad SMARTS) is 1. The quantitative estimate of drug-likeness (QED) is 0.842. The van der Waals surface area contributed by atoms with Gasteiger partial charge in [-0.05, 0) is 32.9 Å². The van der Waals surface area contributed by atoms with Crippen LogP contribution >= 0.6 is 0 Å². The summed E-state index contributed by atoms with van der Waals surface area (Å²) < 4.78 is 1.62. The molecule has 0 radical (unpaired) electrons. The van der Waals surface area contributed by atoms with E-state index in [0.29, 0.717) is 6.04 Å². The van der Waals surface area contributed by atoms with E-state index < -0.39 is 5.97 Å². The van der Waals surface area contributed by atoms with Crippen molar-refractivity contribution in [1.29, 1.82) is 0 Å². The molecule has 0 aliphatic carbocycles. The third kappa shape index (κ3) is 3.03. The molecule has 1 fully saturated rings. The Morgan fingerprint density at radius 3 is 3.06 bits per heavy atom. The molecule has 1 atom stereocenters. The number of carboxylic acids is 1. The smallest absolute Gasteiger partial charge is 0.358 e. The van der Waals surface area contributed by atoms with Crippen LogP contribution in [0.15, 0.2) is 6.20 Å². The van der Waals surface area contributed by atoms with Gasteiger partial charge in [-0.15, -0.1) is 5.10 Å². The van der Waals surface area contributed by atoms with Gasteiger partial charge in [0.25, 0.3) is 0 Å². The molecule has 0 saturated carbocycles. The maximum atomic E-state index is 10.6. The van der Waals surface area contributed by atoms with E-state index in [2.05, 4.69) is 22.3 Å². The minimum Gasteiger partial charge on any atom is -0.476 e. The highest BCUT2D eigenvalue weighted by molar-refractivity contribution is 5.84. The van der Waals surface area contributed by atoms with Gasteiger partial charge in [-0.25, -0.2) is 4.79 Å². The molecule has 1 aliphatic heterocycles. The SMILES string of the molecule is CN1CCCCC1CCn1cc(C(=O)O)nn1. The molecule has 1 aromatic heterocycles. The first kappa shape index (κ1) is 12.0. The van der Waals surface area contributed by atoms with Crippen molar-refractivity contribution < 1.29 is 9.90 Å². The summed E-state index contributed by atoms with van der Waals surface area (Å²) in [6.45, 7) is 1.89. The summed E-state index contributed by atoms with van der Waals surface area (Å²) in [4.78, 5) is 13.0. The summed E-state index contributed by atoms with van der Waals surface area (Å²) in [5.74, 6) is -1.02. The lowest BCUT2D eigenvalue weighted by Crippen LogP contribution is -2.36. The van der Waals surface area contributed by atoms with Crippen molar-refractivity contribution in [3.63, 3.8) is 0 Å². The Morgan fingerprint density at radius 2 is 2.41 bits per heavy atom. The molecular formula is C11H18N4O2. The van der Waals surface area contributed by atoms with Crippen LogP contribution in [-0.2, 0) is 6.54 Å². The zero-order chi connectivity index (χ0) is 12.3. The zero-order valence-corrected chi connectivity index (χ0v) is 10.0. The average molecular weight is 238 g/mol. The summed E-state index contributed by atoms with van der Waals surface area (Å²) in [7, 11) is 2.15. The van der Waals surface area contributed by atoms with E-state index in [-0.39, 0.29) is 5.69 Å². The van der Waals surface area contributed by atoms with Crippen LogP contribution in [0.5, 0.6) is 0 Å². The van der Waals surface area contributed by atoms with Crippen LogP contribution in [0.3, 0.4) is 0 Å². The fourth-order valence-electron chi connectivity index (χ4n) is 2.30. The van der Waals surface area contributed by atoms with Gasteiger partial charge in [0.15, 0.2) is 5.69 Å². The van der Waals surface area contributed by atoms with Crippen LogP contribution in [-0.4, -0.2) is 50.6 Å². The summed E-state index contributed by atoms with van der Waals surface area (Å²) in [5.41, 5.74) is 0.0157. The van der Waals surface area contributed by atoms with Crippen LogP contribution in [0.2, 0.25) is 0 Å². The Hall–Kier alpha value is -1.43. The molecule has 0 spiro atoms. The fraction of sp³-hybridized carbons (Fsp3) is 0.727. The molecule has 1 aromatic rings. The third-order valence-electron chi connectivity index (χ3n) is 3.37. The molecule has 0 bridgehead atoms. The Bertz CT molecular complexity index is 391. The van der Waals surface area contributed by atoms with E-state index in [0.717, 1.165) is 19.5 Å². The van der Waals surface area contributed by atoms with Crippen LogP contribution in [0, 0.1) is 0 Å². The van der Waals surface area contributed by atoms with Crippen molar-refractivity contribution in [2.75, 3.05) is 13.6 Å². The van der Waals surface area contributed by atoms with Gasteiger partial charge in [-0.1, -0.05) is 11.6 Å². The molecule has 6 nitrogen and oxygen atoms in total. The minimum absolute atomic E-state index is 0.0157. The second-order valence-electron chi connectivity index (χ2n) is 4.59. The molecule has 1 aliphatic rings. The van der Waals surface area contributed by atoms with Gasteiger partial charge < -0.3 is 10.0 Å². The number of nitrogens with zero attached hydrogens (tertiary/aromatic N) is 4. The number of aromatic nitrogens is 3. The summed E-state index contributed by atoms with van der Waals surface area (Å²) in [6.07, 6.45) is 6.27. The highest BCUT2D eigenvalue weighted by Crippen LogP contribution is 2.18. The maximum Gasteiger partial charge on any atom is 0.358 e. The third-order valence-corrected chi connectivity index (χ3v) is 3.37. The Labute approximate surface area is 100 Å². The van der Waals surface area contributed by atoms with Crippen molar-refractivity contribution in [2.24, 2.45) is 0 Å². The van der Waals surface area contributed by atoms with E-state index >= 15 is 0 Å². The van der Waals surface area contributed by atoms with Crippen molar-refractivity contribution in [2.45, 2.75) is 38.3 Å². The monoisotopic (exact) mass is 238 g/mol. The fourth-order valence-corrected chi connectivity index (χ4v) is 2.30. The predicted octanol–water partition coefficient (Wildman–Crippen LogP) is 0.851. The molecule has 17 heavy (non-hydrogen) atoms. The van der Waals surface area contributed by atoms with E-state index in [9.17, 15) is 4.79 Å².